The van der Waals surface area contributed by atoms with Crippen molar-refractivity contribution in [2.75, 3.05) is 6.67 Å². The van der Waals surface area contributed by atoms with Gasteiger partial charge in [-0.3, -0.25) is 4.39 Å². The highest BCUT2D eigenvalue weighted by atomic mass is 79.9. The summed E-state index contributed by atoms with van der Waals surface area (Å²) in [5, 5.41) is 0. The molecule has 1 aromatic carbocycles. The number of hydrogen-bond donors (Lipinski definition) is 0. The van der Waals surface area contributed by atoms with Crippen molar-refractivity contribution in [2.45, 2.75) is 6.42 Å². The molecule has 0 heterocycles. The molecule has 0 amide bonds. The van der Waals surface area contributed by atoms with Crippen molar-refractivity contribution in [1.29, 1.82) is 0 Å². The lowest BCUT2D eigenvalue weighted by Gasteiger charge is -1.99. The first-order valence-electron chi connectivity index (χ1n) is 3.23. The van der Waals surface area contributed by atoms with Crippen molar-refractivity contribution in [1.82, 2.24) is 0 Å². The Kier molecular flexibility index (Phi) is 3.52. The average Bonchev–Trinajstić information content (AvgIpc) is 1.85. The van der Waals surface area contributed by atoms with Crippen molar-refractivity contribution in [3.8, 4) is 0 Å². The maximum Gasteiger partial charge on any atom is 0.0934 e. The van der Waals surface area contributed by atoms with E-state index in [4.69, 9.17) is 0 Å². The smallest absolute Gasteiger partial charge is 0.0934 e. The van der Waals surface area contributed by atoms with Crippen LogP contribution < -0.4 is 0 Å². The molecule has 0 unspecified atom stereocenters. The van der Waals surface area contributed by atoms with Crippen molar-refractivity contribution in [3.63, 3.8) is 0 Å². The van der Waals surface area contributed by atoms with Gasteiger partial charge < -0.3 is 0 Å². The van der Waals surface area contributed by atoms with Crippen LogP contribution in [0.15, 0.2) is 27.1 Å². The average molecular weight is 282 g/mol. The zero-order valence-electron chi connectivity index (χ0n) is 5.78. The van der Waals surface area contributed by atoms with Crippen LogP contribution >= 0.6 is 31.9 Å². The molecular formula is C8H7Br2F. The number of aryl methyl sites for hydroxylation is 1. The molecule has 1 rings (SSSR count). The van der Waals surface area contributed by atoms with Crippen LogP contribution in [0, 0.1) is 0 Å². The molecule has 0 aliphatic rings. The van der Waals surface area contributed by atoms with Gasteiger partial charge in [0.1, 0.15) is 0 Å². The van der Waals surface area contributed by atoms with E-state index in [9.17, 15) is 4.39 Å². The maximum atomic E-state index is 11.9. The SMILES string of the molecule is FCCc1cc(Br)cc(Br)c1. The summed E-state index contributed by atoms with van der Waals surface area (Å²) in [7, 11) is 0. The Morgan fingerprint density at radius 3 is 2.09 bits per heavy atom. The van der Waals surface area contributed by atoms with Gasteiger partial charge in [0.15, 0.2) is 0 Å². The van der Waals surface area contributed by atoms with E-state index in [2.05, 4.69) is 31.9 Å². The fourth-order valence-electron chi connectivity index (χ4n) is 0.864. The molecule has 0 N–H and O–H groups in total. The first-order valence-corrected chi connectivity index (χ1v) is 4.82. The number of halogens is 3. The van der Waals surface area contributed by atoms with Gasteiger partial charge >= 0.3 is 0 Å². The summed E-state index contributed by atoms with van der Waals surface area (Å²) >= 11 is 6.66. The molecule has 3 heteroatoms. The van der Waals surface area contributed by atoms with Gasteiger partial charge in [-0.2, -0.15) is 0 Å². The quantitative estimate of drug-likeness (QED) is 0.775. The monoisotopic (exact) mass is 280 g/mol. The highest BCUT2D eigenvalue weighted by Gasteiger charge is 1.96. The van der Waals surface area contributed by atoms with E-state index in [0.29, 0.717) is 6.42 Å². The zero-order chi connectivity index (χ0) is 8.27. The lowest BCUT2D eigenvalue weighted by Crippen LogP contribution is -1.86. The van der Waals surface area contributed by atoms with E-state index in [1.54, 1.807) is 0 Å². The highest BCUT2D eigenvalue weighted by molar-refractivity contribution is 9.11. The molecular weight excluding hydrogens is 275 g/mol. The van der Waals surface area contributed by atoms with Crippen molar-refractivity contribution < 1.29 is 4.39 Å². The van der Waals surface area contributed by atoms with E-state index in [1.165, 1.54) is 0 Å². The second-order valence-corrected chi connectivity index (χ2v) is 4.05. The summed E-state index contributed by atoms with van der Waals surface area (Å²) in [6.45, 7) is -0.303. The van der Waals surface area contributed by atoms with Gasteiger partial charge in [-0.15, -0.1) is 0 Å². The van der Waals surface area contributed by atoms with Crippen molar-refractivity contribution in [2.24, 2.45) is 0 Å². The van der Waals surface area contributed by atoms with E-state index < -0.39 is 0 Å². The van der Waals surface area contributed by atoms with Crippen LogP contribution in [0.3, 0.4) is 0 Å². The van der Waals surface area contributed by atoms with Gasteiger partial charge in [0, 0.05) is 15.4 Å². The van der Waals surface area contributed by atoms with Crippen LogP contribution in [0.5, 0.6) is 0 Å². The molecule has 0 nitrogen and oxygen atoms in total. The summed E-state index contributed by atoms with van der Waals surface area (Å²) in [5.41, 5.74) is 1.01. The van der Waals surface area contributed by atoms with Crippen LogP contribution in [-0.4, -0.2) is 6.67 Å². The van der Waals surface area contributed by atoms with E-state index in [1.807, 2.05) is 18.2 Å². The third kappa shape index (κ3) is 2.91. The maximum absolute atomic E-state index is 11.9. The van der Waals surface area contributed by atoms with Gasteiger partial charge in [-0.25, -0.2) is 0 Å². The molecule has 0 bridgehead atoms. The van der Waals surface area contributed by atoms with Crippen LogP contribution in [0.2, 0.25) is 0 Å². The van der Waals surface area contributed by atoms with Crippen molar-refractivity contribution >= 4 is 31.9 Å². The normalized spacial score (nSPS) is 10.1. The molecule has 60 valence electrons. The zero-order valence-corrected chi connectivity index (χ0v) is 8.95. The molecule has 0 atom stereocenters. The predicted molar refractivity (Wildman–Crippen MR) is 51.5 cm³/mol. The molecule has 0 saturated heterocycles. The standard InChI is InChI=1S/C8H7Br2F/c9-7-3-6(1-2-11)4-8(10)5-7/h3-5H,1-2H2. The van der Waals surface area contributed by atoms with Gasteiger partial charge in [-0.1, -0.05) is 31.9 Å². The highest BCUT2D eigenvalue weighted by Crippen LogP contribution is 2.20. The molecule has 11 heavy (non-hydrogen) atoms. The molecule has 0 aliphatic carbocycles. The van der Waals surface area contributed by atoms with Gasteiger partial charge in [0.2, 0.25) is 0 Å². The Morgan fingerprint density at radius 2 is 1.64 bits per heavy atom. The third-order valence-electron chi connectivity index (χ3n) is 1.31. The van der Waals surface area contributed by atoms with Gasteiger partial charge in [0.25, 0.3) is 0 Å². The van der Waals surface area contributed by atoms with Crippen LogP contribution in [0.1, 0.15) is 5.56 Å². The van der Waals surface area contributed by atoms with Crippen LogP contribution in [-0.2, 0) is 6.42 Å². The van der Waals surface area contributed by atoms with Crippen LogP contribution in [0.4, 0.5) is 4.39 Å². The van der Waals surface area contributed by atoms with Crippen LogP contribution in [0.25, 0.3) is 0 Å². The second kappa shape index (κ2) is 4.21. The third-order valence-corrected chi connectivity index (χ3v) is 2.22. The number of benzene rings is 1. The molecule has 0 radical (unpaired) electrons. The Bertz CT molecular complexity index is 228. The summed E-state index contributed by atoms with van der Waals surface area (Å²) in [6.07, 6.45) is 0.484. The minimum atomic E-state index is -0.303. The van der Waals surface area contributed by atoms with E-state index in [0.717, 1.165) is 14.5 Å². The number of alkyl halides is 1. The van der Waals surface area contributed by atoms with Crippen molar-refractivity contribution in [3.05, 3.63) is 32.7 Å². The Balaban J connectivity index is 2.89. The van der Waals surface area contributed by atoms with Gasteiger partial charge in [-0.05, 0) is 23.8 Å². The summed E-state index contributed by atoms with van der Waals surface area (Å²) in [5.74, 6) is 0. The minimum Gasteiger partial charge on any atom is -0.251 e. The summed E-state index contributed by atoms with van der Waals surface area (Å²) in [4.78, 5) is 0. The first kappa shape index (κ1) is 9.20. The lowest BCUT2D eigenvalue weighted by atomic mass is 10.2. The molecule has 0 aliphatic heterocycles. The number of hydrogen-bond acceptors (Lipinski definition) is 0. The fraction of sp³-hybridized carbons (Fsp3) is 0.250. The minimum absolute atomic E-state index is 0.303. The molecule has 1 aromatic rings. The first-order chi connectivity index (χ1) is 5.22. The molecule has 0 aromatic heterocycles. The molecule has 0 fully saturated rings. The largest absolute Gasteiger partial charge is 0.251 e. The lowest BCUT2D eigenvalue weighted by molar-refractivity contribution is 0.495. The molecule has 0 saturated carbocycles. The van der Waals surface area contributed by atoms with Gasteiger partial charge in [0.05, 0.1) is 6.67 Å². The van der Waals surface area contributed by atoms with E-state index in [-0.39, 0.29) is 6.67 Å². The fourth-order valence-corrected chi connectivity index (χ4v) is 2.25. The summed E-state index contributed by atoms with van der Waals surface area (Å²) < 4.78 is 13.9. The van der Waals surface area contributed by atoms with E-state index >= 15 is 0 Å². The Hall–Kier alpha value is 0.110. The molecule has 0 spiro atoms. The Labute approximate surface area is 82.1 Å². The summed E-state index contributed by atoms with van der Waals surface area (Å²) in [6, 6.07) is 5.77. The topological polar surface area (TPSA) is 0 Å². The Morgan fingerprint density at radius 1 is 1.09 bits per heavy atom. The number of rotatable bonds is 2. The predicted octanol–water partition coefficient (Wildman–Crippen LogP) is 3.72. The second-order valence-electron chi connectivity index (χ2n) is 2.22.